The highest BCUT2D eigenvalue weighted by Crippen LogP contribution is 2.40. The van der Waals surface area contributed by atoms with Crippen LogP contribution in [0.2, 0.25) is 0 Å². The van der Waals surface area contributed by atoms with Gasteiger partial charge in [-0.3, -0.25) is 4.98 Å². The van der Waals surface area contributed by atoms with Gasteiger partial charge in [0.15, 0.2) is 0 Å². The maximum absolute atomic E-state index is 12.4. The third-order valence-corrected chi connectivity index (χ3v) is 4.67. The van der Waals surface area contributed by atoms with E-state index in [0.29, 0.717) is 12.5 Å². The summed E-state index contributed by atoms with van der Waals surface area (Å²) in [5.74, 6) is 0.507. The summed E-state index contributed by atoms with van der Waals surface area (Å²) in [6.45, 7) is 2.40. The maximum atomic E-state index is 12.4. The van der Waals surface area contributed by atoms with Gasteiger partial charge >= 0.3 is 6.03 Å². The van der Waals surface area contributed by atoms with Gasteiger partial charge in [-0.1, -0.05) is 12.1 Å². The van der Waals surface area contributed by atoms with E-state index < -0.39 is 0 Å². The van der Waals surface area contributed by atoms with Crippen LogP contribution in [0.25, 0.3) is 5.65 Å². The Morgan fingerprint density at radius 3 is 2.96 bits per heavy atom. The van der Waals surface area contributed by atoms with Crippen molar-refractivity contribution >= 4 is 11.7 Å². The summed E-state index contributed by atoms with van der Waals surface area (Å²) in [5, 5.41) is 6.08. The van der Waals surface area contributed by atoms with Gasteiger partial charge < -0.3 is 15.0 Å². The summed E-state index contributed by atoms with van der Waals surface area (Å²) in [7, 11) is 0. The zero-order valence-corrected chi connectivity index (χ0v) is 14.1. The van der Waals surface area contributed by atoms with Gasteiger partial charge in [0.2, 0.25) is 0 Å². The SMILES string of the molecule is Cc1nc2ccccn2c1CNC(=O)N[C@H](c1cccnc1)C1CC1. The lowest BCUT2D eigenvalue weighted by molar-refractivity contribution is 0.235. The average molecular weight is 335 g/mol. The number of amides is 2. The lowest BCUT2D eigenvalue weighted by Gasteiger charge is -2.19. The molecule has 6 nitrogen and oxygen atoms in total. The monoisotopic (exact) mass is 335 g/mol. The van der Waals surface area contributed by atoms with Crippen molar-refractivity contribution in [1.82, 2.24) is 25.0 Å². The molecule has 0 radical (unpaired) electrons. The van der Waals surface area contributed by atoms with Crippen molar-refractivity contribution in [2.24, 2.45) is 5.92 Å². The number of fused-ring (bicyclic) bond motifs is 1. The first-order valence-electron chi connectivity index (χ1n) is 8.59. The molecule has 25 heavy (non-hydrogen) atoms. The van der Waals surface area contributed by atoms with Gasteiger partial charge in [-0.2, -0.15) is 0 Å². The average Bonchev–Trinajstić information content (AvgIpc) is 3.42. The highest BCUT2D eigenvalue weighted by Gasteiger charge is 2.33. The summed E-state index contributed by atoms with van der Waals surface area (Å²) >= 11 is 0. The number of nitrogens with one attached hydrogen (secondary N) is 2. The van der Waals surface area contributed by atoms with Crippen LogP contribution < -0.4 is 10.6 Å². The molecule has 1 aliphatic carbocycles. The van der Waals surface area contributed by atoms with Gasteiger partial charge in [0.05, 0.1) is 24.0 Å². The van der Waals surface area contributed by atoms with E-state index in [2.05, 4.69) is 20.6 Å². The van der Waals surface area contributed by atoms with E-state index in [9.17, 15) is 4.79 Å². The minimum absolute atomic E-state index is 0.0250. The molecule has 0 spiro atoms. The Labute approximate surface area is 146 Å². The van der Waals surface area contributed by atoms with Gasteiger partial charge in [0, 0.05) is 18.6 Å². The molecular weight excluding hydrogens is 314 g/mol. The molecule has 0 aliphatic heterocycles. The molecule has 1 fully saturated rings. The highest BCUT2D eigenvalue weighted by molar-refractivity contribution is 5.74. The number of imidazole rings is 1. The standard InChI is InChI=1S/C19H21N5O/c1-13-16(24-10-3-2-6-17(24)22-13)12-21-19(25)23-18(14-7-8-14)15-5-4-9-20-11-15/h2-6,9-11,14,18H,7-8,12H2,1H3,(H2,21,23,25)/t18-/m0/s1. The van der Waals surface area contributed by atoms with Crippen LogP contribution in [-0.2, 0) is 6.54 Å². The molecule has 3 heterocycles. The zero-order valence-electron chi connectivity index (χ0n) is 14.1. The summed E-state index contributed by atoms with van der Waals surface area (Å²) in [4.78, 5) is 21.1. The molecule has 1 atom stereocenters. The van der Waals surface area contributed by atoms with E-state index in [1.54, 1.807) is 6.20 Å². The third kappa shape index (κ3) is 3.33. The number of rotatable bonds is 5. The molecule has 4 rings (SSSR count). The number of carbonyl (C=O) groups excluding carboxylic acids is 1. The summed E-state index contributed by atoms with van der Waals surface area (Å²) in [6, 6.07) is 9.67. The molecule has 0 aromatic carbocycles. The second kappa shape index (κ2) is 6.55. The van der Waals surface area contributed by atoms with E-state index >= 15 is 0 Å². The van der Waals surface area contributed by atoms with Crippen LogP contribution in [0.15, 0.2) is 48.9 Å². The molecule has 0 bridgehead atoms. The Kier molecular flexibility index (Phi) is 4.09. The maximum Gasteiger partial charge on any atom is 0.315 e. The Balaban J connectivity index is 1.44. The minimum atomic E-state index is -0.161. The molecule has 3 aromatic rings. The second-order valence-corrected chi connectivity index (χ2v) is 6.50. The number of urea groups is 1. The molecule has 128 valence electrons. The smallest absolute Gasteiger partial charge is 0.315 e. The van der Waals surface area contributed by atoms with Gasteiger partial charge in [0.1, 0.15) is 5.65 Å². The van der Waals surface area contributed by atoms with E-state index in [-0.39, 0.29) is 12.1 Å². The Morgan fingerprint density at radius 2 is 2.20 bits per heavy atom. The zero-order chi connectivity index (χ0) is 17.2. The van der Waals surface area contributed by atoms with E-state index in [0.717, 1.165) is 35.4 Å². The van der Waals surface area contributed by atoms with Crippen molar-refractivity contribution in [3.05, 3.63) is 65.9 Å². The molecular formula is C19H21N5O. The topological polar surface area (TPSA) is 71.3 Å². The van der Waals surface area contributed by atoms with Gasteiger partial charge in [0.25, 0.3) is 0 Å². The first kappa shape index (κ1) is 15.6. The first-order valence-corrected chi connectivity index (χ1v) is 8.59. The van der Waals surface area contributed by atoms with Crippen molar-refractivity contribution in [1.29, 1.82) is 0 Å². The number of aryl methyl sites for hydroxylation is 1. The quantitative estimate of drug-likeness (QED) is 0.753. The predicted octanol–water partition coefficient (Wildman–Crippen LogP) is 2.99. The second-order valence-electron chi connectivity index (χ2n) is 6.50. The number of hydrogen-bond donors (Lipinski definition) is 2. The van der Waals surface area contributed by atoms with Crippen LogP contribution in [0.1, 0.15) is 35.8 Å². The third-order valence-electron chi connectivity index (χ3n) is 4.67. The summed E-state index contributed by atoms with van der Waals surface area (Å²) in [5.41, 5.74) is 3.88. The Hall–Kier alpha value is -2.89. The van der Waals surface area contributed by atoms with Crippen LogP contribution in [-0.4, -0.2) is 20.4 Å². The molecule has 2 amide bonds. The van der Waals surface area contributed by atoms with Crippen molar-refractivity contribution in [3.8, 4) is 0 Å². The lowest BCUT2D eigenvalue weighted by Crippen LogP contribution is -2.38. The predicted molar refractivity (Wildman–Crippen MR) is 95.0 cm³/mol. The summed E-state index contributed by atoms with van der Waals surface area (Å²) in [6.07, 6.45) is 7.84. The van der Waals surface area contributed by atoms with Crippen molar-refractivity contribution < 1.29 is 4.79 Å². The van der Waals surface area contributed by atoms with Crippen LogP contribution in [0.5, 0.6) is 0 Å². The first-order chi connectivity index (χ1) is 12.2. The van der Waals surface area contributed by atoms with Gasteiger partial charge in [-0.15, -0.1) is 0 Å². The fraction of sp³-hybridized carbons (Fsp3) is 0.316. The number of carbonyl (C=O) groups is 1. The van der Waals surface area contributed by atoms with Crippen molar-refractivity contribution in [2.75, 3.05) is 0 Å². The van der Waals surface area contributed by atoms with Crippen molar-refractivity contribution in [3.63, 3.8) is 0 Å². The number of pyridine rings is 2. The van der Waals surface area contributed by atoms with Crippen LogP contribution in [0.3, 0.4) is 0 Å². The largest absolute Gasteiger partial charge is 0.332 e. The highest BCUT2D eigenvalue weighted by atomic mass is 16.2. The van der Waals surface area contributed by atoms with E-state index in [4.69, 9.17) is 0 Å². The molecule has 1 saturated carbocycles. The number of aromatic nitrogens is 3. The molecule has 3 aromatic heterocycles. The summed E-state index contributed by atoms with van der Waals surface area (Å²) < 4.78 is 2.01. The normalized spacial score (nSPS) is 15.1. The Bertz CT molecular complexity index is 885. The minimum Gasteiger partial charge on any atom is -0.332 e. The molecule has 0 saturated heterocycles. The van der Waals surface area contributed by atoms with Crippen molar-refractivity contribution in [2.45, 2.75) is 32.4 Å². The van der Waals surface area contributed by atoms with Gasteiger partial charge in [-0.05, 0) is 49.4 Å². The molecule has 0 unspecified atom stereocenters. The van der Waals surface area contributed by atoms with E-state index in [1.807, 2.05) is 54.0 Å². The number of hydrogen-bond acceptors (Lipinski definition) is 3. The molecule has 2 N–H and O–H groups in total. The fourth-order valence-corrected chi connectivity index (χ4v) is 3.20. The van der Waals surface area contributed by atoms with Crippen LogP contribution in [0.4, 0.5) is 4.79 Å². The number of nitrogens with zero attached hydrogens (tertiary/aromatic N) is 3. The molecule has 1 aliphatic rings. The van der Waals surface area contributed by atoms with Crippen LogP contribution in [0, 0.1) is 12.8 Å². The Morgan fingerprint density at radius 1 is 1.32 bits per heavy atom. The van der Waals surface area contributed by atoms with E-state index in [1.165, 1.54) is 0 Å². The lowest BCUT2D eigenvalue weighted by atomic mass is 10.1. The molecule has 6 heteroatoms. The van der Waals surface area contributed by atoms with Gasteiger partial charge in [-0.25, -0.2) is 9.78 Å². The fourth-order valence-electron chi connectivity index (χ4n) is 3.20. The van der Waals surface area contributed by atoms with Crippen LogP contribution >= 0.6 is 0 Å².